The van der Waals surface area contributed by atoms with Gasteiger partial charge in [-0.2, -0.15) is 0 Å². The summed E-state index contributed by atoms with van der Waals surface area (Å²) in [5.41, 5.74) is 5.40. The van der Waals surface area contributed by atoms with E-state index in [0.717, 1.165) is 4.31 Å². The Kier molecular flexibility index (Phi) is 4.73. The second kappa shape index (κ2) is 6.81. The van der Waals surface area contributed by atoms with Gasteiger partial charge in [-0.1, -0.05) is 23.7 Å². The number of ether oxygens (including phenoxy) is 2. The number of fused-ring (bicyclic) bond motifs is 1. The minimum absolute atomic E-state index is 0.0575. The van der Waals surface area contributed by atoms with Crippen LogP contribution in [-0.2, 0) is 14.8 Å². The molecule has 9 heteroatoms. The predicted octanol–water partition coefficient (Wildman–Crippen LogP) is 1.79. The van der Waals surface area contributed by atoms with Crippen LogP contribution in [0.2, 0.25) is 5.02 Å². The number of carbonyl (C=O) groups is 1. The zero-order valence-corrected chi connectivity index (χ0v) is 14.6. The van der Waals surface area contributed by atoms with E-state index in [1.807, 2.05) is 0 Å². The predicted molar refractivity (Wildman–Crippen MR) is 92.6 cm³/mol. The molecule has 0 aliphatic carbocycles. The molecule has 2 N–H and O–H groups in total. The van der Waals surface area contributed by atoms with Gasteiger partial charge in [-0.15, -0.1) is 0 Å². The van der Waals surface area contributed by atoms with Crippen molar-refractivity contribution in [3.63, 3.8) is 0 Å². The number of halogens is 1. The maximum atomic E-state index is 13.1. The summed E-state index contributed by atoms with van der Waals surface area (Å²) < 4.78 is 37.8. The van der Waals surface area contributed by atoms with E-state index in [0.29, 0.717) is 24.7 Å². The number of nitrogens with zero attached hydrogens (tertiary/aromatic N) is 1. The molecule has 25 heavy (non-hydrogen) atoms. The maximum absolute atomic E-state index is 13.1. The molecule has 3 rings (SSSR count). The van der Waals surface area contributed by atoms with E-state index in [-0.39, 0.29) is 15.6 Å². The van der Waals surface area contributed by atoms with Crippen molar-refractivity contribution in [2.45, 2.75) is 4.90 Å². The molecule has 1 aliphatic heterocycles. The second-order valence-electron chi connectivity index (χ2n) is 5.23. The summed E-state index contributed by atoms with van der Waals surface area (Å²) in [6, 6.07) is 10.6. The highest BCUT2D eigenvalue weighted by Gasteiger charge is 2.29. The molecule has 7 nitrogen and oxygen atoms in total. The van der Waals surface area contributed by atoms with Crippen LogP contribution in [0.5, 0.6) is 11.5 Å². The van der Waals surface area contributed by atoms with Gasteiger partial charge < -0.3 is 15.2 Å². The fraction of sp³-hybridized carbons (Fsp3) is 0.188. The van der Waals surface area contributed by atoms with Crippen LogP contribution in [0.15, 0.2) is 47.4 Å². The summed E-state index contributed by atoms with van der Waals surface area (Å²) >= 11 is 6.11. The van der Waals surface area contributed by atoms with Crippen molar-refractivity contribution >= 4 is 33.2 Å². The quantitative estimate of drug-likeness (QED) is 0.849. The molecule has 132 valence electrons. The molecule has 0 atom stereocenters. The van der Waals surface area contributed by atoms with Gasteiger partial charge in [-0.3, -0.25) is 9.10 Å². The zero-order chi connectivity index (χ0) is 18.0. The second-order valence-corrected chi connectivity index (χ2v) is 7.50. The monoisotopic (exact) mass is 382 g/mol. The smallest absolute Gasteiger partial charge is 0.264 e. The highest BCUT2D eigenvalue weighted by atomic mass is 35.5. The van der Waals surface area contributed by atoms with Crippen molar-refractivity contribution in [1.29, 1.82) is 0 Å². The summed E-state index contributed by atoms with van der Waals surface area (Å²) in [7, 11) is -4.09. The number of hydrogen-bond acceptors (Lipinski definition) is 5. The molecule has 0 bridgehead atoms. The van der Waals surface area contributed by atoms with Crippen LogP contribution in [0.25, 0.3) is 0 Å². The van der Waals surface area contributed by atoms with Crippen LogP contribution >= 0.6 is 11.6 Å². The molecule has 0 unspecified atom stereocenters. The van der Waals surface area contributed by atoms with Gasteiger partial charge in [0.15, 0.2) is 11.5 Å². The Balaban J connectivity index is 2.08. The van der Waals surface area contributed by atoms with Gasteiger partial charge in [0.05, 0.1) is 15.6 Å². The first-order valence-corrected chi connectivity index (χ1v) is 9.16. The third-order valence-electron chi connectivity index (χ3n) is 3.52. The molecule has 0 saturated heterocycles. The SMILES string of the molecule is NC(=O)CN(c1ccccc1Cl)S(=O)(=O)c1ccc2c(c1)OCCO2. The first kappa shape index (κ1) is 17.4. The van der Waals surface area contributed by atoms with Crippen LogP contribution in [0.1, 0.15) is 0 Å². The van der Waals surface area contributed by atoms with Crippen LogP contribution in [0.4, 0.5) is 5.69 Å². The minimum Gasteiger partial charge on any atom is -0.486 e. The van der Waals surface area contributed by atoms with Crippen molar-refractivity contribution in [3.8, 4) is 11.5 Å². The zero-order valence-electron chi connectivity index (χ0n) is 13.0. The van der Waals surface area contributed by atoms with Crippen LogP contribution in [0.3, 0.4) is 0 Å². The summed E-state index contributed by atoms with van der Waals surface area (Å²) in [5, 5.41) is 0.185. The molecule has 0 radical (unpaired) electrons. The van der Waals surface area contributed by atoms with E-state index in [1.54, 1.807) is 12.1 Å². The average Bonchev–Trinajstić information content (AvgIpc) is 2.59. The van der Waals surface area contributed by atoms with Crippen LogP contribution in [0, 0.1) is 0 Å². The van der Waals surface area contributed by atoms with Crippen LogP contribution < -0.4 is 19.5 Å². The van der Waals surface area contributed by atoms with E-state index in [2.05, 4.69) is 0 Å². The first-order valence-electron chi connectivity index (χ1n) is 7.35. The Bertz CT molecular complexity index is 916. The van der Waals surface area contributed by atoms with Gasteiger partial charge in [0.1, 0.15) is 19.8 Å². The van der Waals surface area contributed by atoms with Gasteiger partial charge in [0.25, 0.3) is 10.0 Å². The molecule has 0 fully saturated rings. The van der Waals surface area contributed by atoms with Crippen LogP contribution in [-0.4, -0.2) is 34.1 Å². The largest absolute Gasteiger partial charge is 0.486 e. The standard InChI is InChI=1S/C16H15ClN2O5S/c17-12-3-1-2-4-13(12)19(10-16(18)20)25(21,22)11-5-6-14-15(9-11)24-8-7-23-14/h1-6,9H,7-8,10H2,(H2,18,20). The Labute approximate surface area is 149 Å². The normalized spacial score (nSPS) is 13.3. The third kappa shape index (κ3) is 3.49. The lowest BCUT2D eigenvalue weighted by Gasteiger charge is -2.25. The summed E-state index contributed by atoms with van der Waals surface area (Å²) in [5.74, 6) is -0.0176. The number of amides is 1. The Morgan fingerprint density at radius 3 is 2.48 bits per heavy atom. The van der Waals surface area contributed by atoms with Gasteiger partial charge in [0, 0.05) is 6.07 Å². The molecule has 0 saturated carbocycles. The highest BCUT2D eigenvalue weighted by Crippen LogP contribution is 2.35. The lowest BCUT2D eigenvalue weighted by atomic mass is 10.3. The Hall–Kier alpha value is -2.45. The summed E-state index contributed by atoms with van der Waals surface area (Å²) in [4.78, 5) is 11.4. The fourth-order valence-electron chi connectivity index (χ4n) is 2.41. The van der Waals surface area contributed by atoms with E-state index in [4.69, 9.17) is 26.8 Å². The average molecular weight is 383 g/mol. The number of benzene rings is 2. The van der Waals surface area contributed by atoms with Gasteiger partial charge in [0.2, 0.25) is 5.91 Å². The van der Waals surface area contributed by atoms with Crippen molar-refractivity contribution in [1.82, 2.24) is 0 Å². The first-order chi connectivity index (χ1) is 11.9. The number of sulfonamides is 1. The van der Waals surface area contributed by atoms with Gasteiger partial charge in [-0.25, -0.2) is 8.42 Å². The summed E-state index contributed by atoms with van der Waals surface area (Å²) in [6.07, 6.45) is 0. The molecule has 2 aromatic rings. The number of rotatable bonds is 5. The van der Waals surface area contributed by atoms with Gasteiger partial charge >= 0.3 is 0 Å². The maximum Gasteiger partial charge on any atom is 0.264 e. The Morgan fingerprint density at radius 1 is 1.12 bits per heavy atom. The molecular weight excluding hydrogens is 368 g/mol. The number of primary amides is 1. The van der Waals surface area contributed by atoms with Crippen molar-refractivity contribution < 1.29 is 22.7 Å². The summed E-state index contributed by atoms with van der Waals surface area (Å²) in [6.45, 7) is 0.180. The molecule has 0 spiro atoms. The van der Waals surface area contributed by atoms with Crippen molar-refractivity contribution in [2.75, 3.05) is 24.1 Å². The lowest BCUT2D eigenvalue weighted by Crippen LogP contribution is -2.38. The highest BCUT2D eigenvalue weighted by molar-refractivity contribution is 7.92. The number of para-hydroxylation sites is 1. The molecule has 1 aliphatic rings. The third-order valence-corrected chi connectivity index (χ3v) is 5.60. The van der Waals surface area contributed by atoms with Crippen molar-refractivity contribution in [3.05, 3.63) is 47.5 Å². The molecule has 0 aromatic heterocycles. The van der Waals surface area contributed by atoms with E-state index in [9.17, 15) is 13.2 Å². The number of carbonyl (C=O) groups excluding carboxylic acids is 1. The molecule has 1 heterocycles. The number of nitrogens with two attached hydrogens (primary N) is 1. The topological polar surface area (TPSA) is 98.9 Å². The van der Waals surface area contributed by atoms with E-state index in [1.165, 1.54) is 30.3 Å². The van der Waals surface area contributed by atoms with E-state index >= 15 is 0 Å². The number of hydrogen-bond donors (Lipinski definition) is 1. The Morgan fingerprint density at radius 2 is 1.80 bits per heavy atom. The number of anilines is 1. The minimum atomic E-state index is -4.09. The molecule has 2 aromatic carbocycles. The molecular formula is C16H15ClN2O5S. The van der Waals surface area contributed by atoms with E-state index < -0.39 is 22.5 Å². The lowest BCUT2D eigenvalue weighted by molar-refractivity contribution is -0.116. The van der Waals surface area contributed by atoms with Gasteiger partial charge in [-0.05, 0) is 24.3 Å². The molecule has 1 amide bonds. The fourth-order valence-corrected chi connectivity index (χ4v) is 4.16. The van der Waals surface area contributed by atoms with Crippen molar-refractivity contribution in [2.24, 2.45) is 5.73 Å².